The quantitative estimate of drug-likeness (QED) is 0.621. The van der Waals surface area contributed by atoms with Gasteiger partial charge < -0.3 is 10.3 Å². The van der Waals surface area contributed by atoms with Crippen molar-refractivity contribution in [3.8, 4) is 0 Å². The van der Waals surface area contributed by atoms with Crippen LogP contribution in [0.2, 0.25) is 0 Å². The highest BCUT2D eigenvalue weighted by atomic mass is 19.1. The molecule has 11 heavy (non-hydrogen) atoms. The van der Waals surface area contributed by atoms with Gasteiger partial charge in [0.15, 0.2) is 5.82 Å². The van der Waals surface area contributed by atoms with Crippen molar-refractivity contribution in [1.29, 1.82) is 0 Å². The second kappa shape index (κ2) is 2.84. The zero-order chi connectivity index (χ0) is 8.43. The predicted octanol–water partition coefficient (Wildman–Crippen LogP) is -0.0169. The van der Waals surface area contributed by atoms with Gasteiger partial charge in [-0.25, -0.2) is 4.39 Å². The van der Waals surface area contributed by atoms with Crippen LogP contribution >= 0.6 is 0 Å². The Morgan fingerprint density at radius 3 is 2.82 bits per heavy atom. The van der Waals surface area contributed by atoms with Crippen LogP contribution in [-0.4, -0.2) is 4.57 Å². The molecule has 1 rings (SSSR count). The van der Waals surface area contributed by atoms with E-state index in [9.17, 15) is 9.18 Å². The van der Waals surface area contributed by atoms with Crippen molar-refractivity contribution >= 4 is 0 Å². The molecule has 2 N–H and O–H groups in total. The minimum atomic E-state index is -0.754. The van der Waals surface area contributed by atoms with Gasteiger partial charge in [-0.2, -0.15) is 0 Å². The number of aromatic nitrogens is 1. The van der Waals surface area contributed by atoms with Crippen molar-refractivity contribution in [2.24, 2.45) is 12.8 Å². The first-order chi connectivity index (χ1) is 5.15. The molecule has 0 radical (unpaired) electrons. The van der Waals surface area contributed by atoms with Crippen molar-refractivity contribution in [3.63, 3.8) is 0 Å². The molecular weight excluding hydrogens is 147 g/mol. The van der Waals surface area contributed by atoms with Gasteiger partial charge in [-0.3, -0.25) is 4.79 Å². The van der Waals surface area contributed by atoms with Crippen LogP contribution in [0.1, 0.15) is 5.56 Å². The summed E-state index contributed by atoms with van der Waals surface area (Å²) in [5, 5.41) is 0. The molecule has 0 aliphatic carbocycles. The molecule has 0 saturated carbocycles. The van der Waals surface area contributed by atoms with Gasteiger partial charge in [0.1, 0.15) is 0 Å². The predicted molar refractivity (Wildman–Crippen MR) is 39.5 cm³/mol. The van der Waals surface area contributed by atoms with Crippen LogP contribution in [0.3, 0.4) is 0 Å². The number of aryl methyl sites for hydroxylation is 1. The Morgan fingerprint density at radius 1 is 1.73 bits per heavy atom. The topological polar surface area (TPSA) is 48.0 Å². The average Bonchev–Trinajstić information content (AvgIpc) is 1.99. The van der Waals surface area contributed by atoms with Crippen molar-refractivity contribution in [3.05, 3.63) is 34.0 Å². The van der Waals surface area contributed by atoms with Gasteiger partial charge in [-0.1, -0.05) is 0 Å². The first-order valence-electron chi connectivity index (χ1n) is 3.20. The average molecular weight is 156 g/mol. The third kappa shape index (κ3) is 1.46. The van der Waals surface area contributed by atoms with Gasteiger partial charge in [-0.05, 0) is 11.6 Å². The SMILES string of the molecule is Cn1cc(CN)cc(F)c1=O. The summed E-state index contributed by atoms with van der Waals surface area (Å²) >= 11 is 0. The van der Waals surface area contributed by atoms with Crippen LogP contribution in [-0.2, 0) is 13.6 Å². The zero-order valence-corrected chi connectivity index (χ0v) is 6.17. The lowest BCUT2D eigenvalue weighted by Crippen LogP contribution is -2.20. The van der Waals surface area contributed by atoms with E-state index in [4.69, 9.17) is 5.73 Å². The molecule has 0 unspecified atom stereocenters. The third-order valence-corrected chi connectivity index (χ3v) is 1.43. The number of hydrogen-bond acceptors (Lipinski definition) is 2. The van der Waals surface area contributed by atoms with Crippen LogP contribution in [0.5, 0.6) is 0 Å². The monoisotopic (exact) mass is 156 g/mol. The molecule has 0 amide bonds. The summed E-state index contributed by atoms with van der Waals surface area (Å²) < 4.78 is 13.8. The van der Waals surface area contributed by atoms with Crippen LogP contribution in [0.4, 0.5) is 4.39 Å². The van der Waals surface area contributed by atoms with E-state index in [2.05, 4.69) is 0 Å². The molecule has 60 valence electrons. The van der Waals surface area contributed by atoms with Crippen molar-refractivity contribution in [1.82, 2.24) is 4.57 Å². The van der Waals surface area contributed by atoms with Gasteiger partial charge in [0, 0.05) is 19.8 Å². The highest BCUT2D eigenvalue weighted by molar-refractivity contribution is 5.10. The van der Waals surface area contributed by atoms with Crippen LogP contribution in [0, 0.1) is 5.82 Å². The van der Waals surface area contributed by atoms with Crippen LogP contribution < -0.4 is 11.3 Å². The first-order valence-corrected chi connectivity index (χ1v) is 3.20. The molecule has 0 aliphatic heterocycles. The smallest absolute Gasteiger partial charge is 0.286 e. The Hall–Kier alpha value is -1.16. The lowest BCUT2D eigenvalue weighted by atomic mass is 10.3. The summed E-state index contributed by atoms with van der Waals surface area (Å²) in [6.45, 7) is 0.241. The summed E-state index contributed by atoms with van der Waals surface area (Å²) in [4.78, 5) is 10.8. The fraction of sp³-hybridized carbons (Fsp3) is 0.286. The van der Waals surface area contributed by atoms with Crippen molar-refractivity contribution in [2.75, 3.05) is 0 Å². The minimum absolute atomic E-state index is 0.241. The highest BCUT2D eigenvalue weighted by Crippen LogP contribution is 1.96. The Balaban J connectivity index is 3.32. The second-order valence-electron chi connectivity index (χ2n) is 2.32. The number of hydrogen-bond donors (Lipinski definition) is 1. The number of pyridine rings is 1. The van der Waals surface area contributed by atoms with E-state index in [1.54, 1.807) is 0 Å². The molecule has 1 aromatic rings. The van der Waals surface area contributed by atoms with Crippen LogP contribution in [0.15, 0.2) is 17.1 Å². The van der Waals surface area contributed by atoms with Gasteiger partial charge in [0.05, 0.1) is 0 Å². The maximum Gasteiger partial charge on any atom is 0.286 e. The van der Waals surface area contributed by atoms with E-state index in [1.165, 1.54) is 17.8 Å². The summed E-state index contributed by atoms with van der Waals surface area (Å²) in [7, 11) is 1.49. The van der Waals surface area contributed by atoms with E-state index in [-0.39, 0.29) is 6.54 Å². The van der Waals surface area contributed by atoms with E-state index < -0.39 is 11.4 Å². The maximum atomic E-state index is 12.6. The van der Waals surface area contributed by atoms with Crippen LogP contribution in [0.25, 0.3) is 0 Å². The van der Waals surface area contributed by atoms with Gasteiger partial charge in [0.25, 0.3) is 5.56 Å². The number of nitrogens with two attached hydrogens (primary N) is 1. The highest BCUT2D eigenvalue weighted by Gasteiger charge is 2.00. The molecule has 0 aromatic carbocycles. The molecule has 0 fully saturated rings. The van der Waals surface area contributed by atoms with Gasteiger partial charge >= 0.3 is 0 Å². The maximum absolute atomic E-state index is 12.6. The number of rotatable bonds is 1. The second-order valence-corrected chi connectivity index (χ2v) is 2.32. The Morgan fingerprint density at radius 2 is 2.36 bits per heavy atom. The van der Waals surface area contributed by atoms with E-state index in [0.29, 0.717) is 5.56 Å². The standard InChI is InChI=1S/C7H9FN2O/c1-10-4-5(3-9)2-6(8)7(10)11/h2,4H,3,9H2,1H3. The molecule has 0 saturated heterocycles. The fourth-order valence-electron chi connectivity index (χ4n) is 0.849. The molecular formula is C7H9FN2O. The Bertz CT molecular complexity index is 292. The molecule has 0 spiro atoms. The summed E-state index contributed by atoms with van der Waals surface area (Å²) in [6, 6.07) is 1.16. The zero-order valence-electron chi connectivity index (χ0n) is 6.17. The van der Waals surface area contributed by atoms with E-state index in [0.717, 1.165) is 6.07 Å². The molecule has 3 nitrogen and oxygen atoms in total. The lowest BCUT2D eigenvalue weighted by Gasteiger charge is -2.00. The molecule has 0 bridgehead atoms. The largest absolute Gasteiger partial charge is 0.326 e. The summed E-state index contributed by atoms with van der Waals surface area (Å²) in [5.41, 5.74) is 5.25. The summed E-state index contributed by atoms with van der Waals surface area (Å²) in [6.07, 6.45) is 1.52. The Kier molecular flexibility index (Phi) is 2.05. The first kappa shape index (κ1) is 7.94. The molecule has 4 heteroatoms. The van der Waals surface area contributed by atoms with Crippen molar-refractivity contribution < 1.29 is 4.39 Å². The molecule has 0 atom stereocenters. The van der Waals surface area contributed by atoms with Gasteiger partial charge in [0.2, 0.25) is 0 Å². The molecule has 1 aromatic heterocycles. The minimum Gasteiger partial charge on any atom is -0.326 e. The van der Waals surface area contributed by atoms with Crippen molar-refractivity contribution in [2.45, 2.75) is 6.54 Å². The van der Waals surface area contributed by atoms with E-state index in [1.807, 2.05) is 0 Å². The van der Waals surface area contributed by atoms with E-state index >= 15 is 0 Å². The fourth-order valence-corrected chi connectivity index (χ4v) is 0.849. The number of halogens is 1. The normalized spacial score (nSPS) is 10.1. The van der Waals surface area contributed by atoms with Gasteiger partial charge in [-0.15, -0.1) is 0 Å². The molecule has 0 aliphatic rings. The lowest BCUT2D eigenvalue weighted by molar-refractivity contribution is 0.586. The number of nitrogens with zero attached hydrogens (tertiary/aromatic N) is 1. The third-order valence-electron chi connectivity index (χ3n) is 1.43. The molecule has 1 heterocycles. The Labute approximate surface area is 63.3 Å². The summed E-state index contributed by atoms with van der Waals surface area (Å²) in [5.74, 6) is -0.754.